The summed E-state index contributed by atoms with van der Waals surface area (Å²) in [6.45, 7) is 5.05. The Bertz CT molecular complexity index is 299. The molecule has 0 aliphatic heterocycles. The fraction of sp³-hybridized carbons (Fsp3) is 0.857. The molecule has 0 heterocycles. The van der Waals surface area contributed by atoms with Crippen molar-refractivity contribution in [1.82, 2.24) is 9.03 Å². The first-order valence-electron chi connectivity index (χ1n) is 4.27. The van der Waals surface area contributed by atoms with Crippen LogP contribution in [-0.2, 0) is 10.2 Å². The van der Waals surface area contributed by atoms with Crippen LogP contribution in [0.3, 0.4) is 0 Å². The van der Waals surface area contributed by atoms with Gasteiger partial charge in [-0.2, -0.15) is 17.4 Å². The summed E-state index contributed by atoms with van der Waals surface area (Å²) in [5, 5.41) is 7.06. The lowest BCUT2D eigenvalue weighted by Gasteiger charge is -2.23. The lowest BCUT2D eigenvalue weighted by Crippen LogP contribution is -2.49. The van der Waals surface area contributed by atoms with E-state index in [9.17, 15) is 8.42 Å². The molecule has 1 atom stereocenters. The van der Waals surface area contributed by atoms with Crippen LogP contribution in [0.5, 0.6) is 0 Å². The summed E-state index contributed by atoms with van der Waals surface area (Å²) >= 11 is 0. The second kappa shape index (κ2) is 4.72. The molecule has 84 valence electrons. The van der Waals surface area contributed by atoms with Gasteiger partial charge < -0.3 is 5.73 Å². The standard InChI is InChI=1S/C7H18N4O2S/c1-5(2)11(4)14(12,13)10-6(3)7(8)9/h5-6,10H,1-4H3,(H3,8,9). The molecule has 6 nitrogen and oxygen atoms in total. The van der Waals surface area contributed by atoms with Crippen molar-refractivity contribution >= 4 is 16.0 Å². The first-order valence-corrected chi connectivity index (χ1v) is 5.71. The van der Waals surface area contributed by atoms with Crippen molar-refractivity contribution in [2.75, 3.05) is 7.05 Å². The van der Waals surface area contributed by atoms with Gasteiger partial charge in [0.05, 0.1) is 6.04 Å². The van der Waals surface area contributed by atoms with Crippen molar-refractivity contribution in [3.63, 3.8) is 0 Å². The molecule has 0 saturated heterocycles. The molecule has 1 unspecified atom stereocenters. The Morgan fingerprint density at radius 1 is 1.43 bits per heavy atom. The van der Waals surface area contributed by atoms with Gasteiger partial charge >= 0.3 is 0 Å². The lowest BCUT2D eigenvalue weighted by atomic mass is 10.3. The summed E-state index contributed by atoms with van der Waals surface area (Å²) in [4.78, 5) is 0. The summed E-state index contributed by atoms with van der Waals surface area (Å²) in [6.07, 6.45) is 0. The fourth-order valence-corrected chi connectivity index (χ4v) is 1.94. The molecule has 0 rings (SSSR count). The van der Waals surface area contributed by atoms with Crippen molar-refractivity contribution in [1.29, 1.82) is 5.41 Å². The molecule has 7 heteroatoms. The highest BCUT2D eigenvalue weighted by atomic mass is 32.2. The van der Waals surface area contributed by atoms with Gasteiger partial charge in [0.15, 0.2) is 0 Å². The highest BCUT2D eigenvalue weighted by Gasteiger charge is 2.23. The van der Waals surface area contributed by atoms with E-state index in [1.807, 2.05) is 0 Å². The van der Waals surface area contributed by atoms with Crippen molar-refractivity contribution < 1.29 is 8.42 Å². The maximum Gasteiger partial charge on any atom is 0.280 e. The van der Waals surface area contributed by atoms with Gasteiger partial charge in [0.1, 0.15) is 5.84 Å². The van der Waals surface area contributed by atoms with E-state index in [-0.39, 0.29) is 11.9 Å². The molecule has 0 spiro atoms. The number of hydrogen-bond acceptors (Lipinski definition) is 3. The summed E-state index contributed by atoms with van der Waals surface area (Å²) in [5.41, 5.74) is 5.16. The van der Waals surface area contributed by atoms with Gasteiger partial charge in [0.25, 0.3) is 10.2 Å². The van der Waals surface area contributed by atoms with Crippen LogP contribution in [0.25, 0.3) is 0 Å². The van der Waals surface area contributed by atoms with Crippen LogP contribution in [0.2, 0.25) is 0 Å². The zero-order valence-corrected chi connectivity index (χ0v) is 9.72. The second-order valence-electron chi connectivity index (χ2n) is 3.41. The normalized spacial score (nSPS) is 14.7. The van der Waals surface area contributed by atoms with E-state index in [1.165, 1.54) is 18.3 Å². The number of nitrogens with one attached hydrogen (secondary N) is 2. The molecule has 0 aliphatic rings. The van der Waals surface area contributed by atoms with Crippen LogP contribution in [0.4, 0.5) is 0 Å². The number of amidine groups is 1. The minimum atomic E-state index is -3.54. The minimum absolute atomic E-state index is 0.133. The average molecular weight is 222 g/mol. The molecule has 4 N–H and O–H groups in total. The van der Waals surface area contributed by atoms with Gasteiger partial charge in [-0.15, -0.1) is 0 Å². The third kappa shape index (κ3) is 3.60. The Balaban J connectivity index is 4.58. The van der Waals surface area contributed by atoms with Gasteiger partial charge in [-0.05, 0) is 20.8 Å². The zero-order chi connectivity index (χ0) is 11.5. The molecular weight excluding hydrogens is 204 g/mol. The fourth-order valence-electron chi connectivity index (χ4n) is 0.648. The predicted molar refractivity (Wildman–Crippen MR) is 56.3 cm³/mol. The topological polar surface area (TPSA) is 99.3 Å². The van der Waals surface area contributed by atoms with Crippen molar-refractivity contribution in [3.8, 4) is 0 Å². The third-order valence-electron chi connectivity index (χ3n) is 1.90. The van der Waals surface area contributed by atoms with E-state index in [1.54, 1.807) is 13.8 Å². The van der Waals surface area contributed by atoms with Crippen molar-refractivity contribution in [2.45, 2.75) is 32.9 Å². The maximum atomic E-state index is 11.5. The van der Waals surface area contributed by atoms with E-state index in [0.29, 0.717) is 0 Å². The summed E-state index contributed by atoms with van der Waals surface area (Å²) in [5.74, 6) is -0.203. The van der Waals surface area contributed by atoms with Crippen molar-refractivity contribution in [2.24, 2.45) is 5.73 Å². The molecule has 0 aromatic heterocycles. The molecule has 0 aliphatic carbocycles. The zero-order valence-electron chi connectivity index (χ0n) is 8.90. The Hall–Kier alpha value is -0.660. The minimum Gasteiger partial charge on any atom is -0.386 e. The second-order valence-corrected chi connectivity index (χ2v) is 5.17. The molecule has 0 radical (unpaired) electrons. The number of rotatable bonds is 5. The van der Waals surface area contributed by atoms with Crippen molar-refractivity contribution in [3.05, 3.63) is 0 Å². The van der Waals surface area contributed by atoms with Gasteiger partial charge in [0.2, 0.25) is 0 Å². The Kier molecular flexibility index (Phi) is 4.50. The molecule has 0 bridgehead atoms. The van der Waals surface area contributed by atoms with E-state index in [4.69, 9.17) is 11.1 Å². The smallest absolute Gasteiger partial charge is 0.280 e. The maximum absolute atomic E-state index is 11.5. The van der Waals surface area contributed by atoms with E-state index in [2.05, 4.69) is 4.72 Å². The molecule has 0 aromatic rings. The number of hydrogen-bond donors (Lipinski definition) is 3. The molecule has 0 amide bonds. The van der Waals surface area contributed by atoms with Crippen LogP contribution in [0, 0.1) is 5.41 Å². The van der Waals surface area contributed by atoms with Gasteiger partial charge in [-0.1, -0.05) is 0 Å². The lowest BCUT2D eigenvalue weighted by molar-refractivity contribution is 0.401. The highest BCUT2D eigenvalue weighted by molar-refractivity contribution is 7.87. The Labute approximate surface area is 85.2 Å². The van der Waals surface area contributed by atoms with Crippen LogP contribution in [-0.4, -0.2) is 37.7 Å². The van der Waals surface area contributed by atoms with Gasteiger partial charge in [-0.25, -0.2) is 0 Å². The quantitative estimate of drug-likeness (QED) is 0.431. The van der Waals surface area contributed by atoms with Crippen LogP contribution in [0.15, 0.2) is 0 Å². The summed E-state index contributed by atoms with van der Waals surface area (Å²) < 4.78 is 26.6. The predicted octanol–water partition coefficient (Wildman–Crippen LogP) is -0.515. The number of nitrogens with zero attached hydrogens (tertiary/aromatic N) is 1. The average Bonchev–Trinajstić information content (AvgIpc) is 2.01. The molecule has 0 aromatic carbocycles. The summed E-state index contributed by atoms with van der Waals surface area (Å²) in [7, 11) is -2.07. The Morgan fingerprint density at radius 3 is 2.14 bits per heavy atom. The molecule has 14 heavy (non-hydrogen) atoms. The number of nitrogens with two attached hydrogens (primary N) is 1. The van der Waals surface area contributed by atoms with Crippen LogP contribution >= 0.6 is 0 Å². The van der Waals surface area contributed by atoms with E-state index in [0.717, 1.165) is 0 Å². The van der Waals surface area contributed by atoms with Crippen LogP contribution in [0.1, 0.15) is 20.8 Å². The van der Waals surface area contributed by atoms with Gasteiger partial charge in [0, 0.05) is 13.1 Å². The monoisotopic (exact) mass is 222 g/mol. The SMILES string of the molecule is CC(NS(=O)(=O)N(C)C(C)C)C(=N)N. The molecule has 0 fully saturated rings. The largest absolute Gasteiger partial charge is 0.386 e. The third-order valence-corrected chi connectivity index (χ3v) is 3.73. The first-order chi connectivity index (χ1) is 6.18. The first kappa shape index (κ1) is 13.3. The van der Waals surface area contributed by atoms with E-state index < -0.39 is 16.3 Å². The molecular formula is C7H18N4O2S. The molecule has 0 saturated carbocycles. The van der Waals surface area contributed by atoms with E-state index >= 15 is 0 Å². The Morgan fingerprint density at radius 2 is 1.86 bits per heavy atom. The highest BCUT2D eigenvalue weighted by Crippen LogP contribution is 2.01. The van der Waals surface area contributed by atoms with Gasteiger partial charge in [-0.3, -0.25) is 5.41 Å². The van der Waals surface area contributed by atoms with Crippen LogP contribution < -0.4 is 10.5 Å². The summed E-state index contributed by atoms with van der Waals surface area (Å²) in [6, 6.07) is -0.812.